The van der Waals surface area contributed by atoms with Gasteiger partial charge in [0.05, 0.1) is 25.2 Å². The number of benzene rings is 1. The maximum Gasteiger partial charge on any atom is 0.247 e. The molecule has 0 aromatic heterocycles. The van der Waals surface area contributed by atoms with E-state index >= 15 is 0 Å². The molecule has 0 spiro atoms. The maximum absolute atomic E-state index is 12.7. The van der Waals surface area contributed by atoms with Gasteiger partial charge in [-0.25, -0.2) is 0 Å². The van der Waals surface area contributed by atoms with Gasteiger partial charge in [-0.2, -0.15) is 0 Å². The highest BCUT2D eigenvalue weighted by Crippen LogP contribution is 2.48. The number of ether oxygens (including phenoxy) is 1. The summed E-state index contributed by atoms with van der Waals surface area (Å²) in [6.45, 7) is 1.58. The summed E-state index contributed by atoms with van der Waals surface area (Å²) in [5.74, 6) is -0.419. The van der Waals surface area contributed by atoms with Gasteiger partial charge in [0.1, 0.15) is 6.04 Å². The van der Waals surface area contributed by atoms with Crippen LogP contribution in [-0.4, -0.2) is 60.8 Å². The minimum atomic E-state index is -0.887. The molecular formula is C17H22N2O4. The van der Waals surface area contributed by atoms with E-state index in [4.69, 9.17) is 4.74 Å². The first-order valence-electron chi connectivity index (χ1n) is 8.01. The first-order valence-corrected chi connectivity index (χ1v) is 8.01. The van der Waals surface area contributed by atoms with Gasteiger partial charge < -0.3 is 20.1 Å². The van der Waals surface area contributed by atoms with Gasteiger partial charge in [0.15, 0.2) is 0 Å². The van der Waals surface area contributed by atoms with E-state index in [1.165, 1.54) is 0 Å². The molecule has 2 amide bonds. The molecule has 23 heavy (non-hydrogen) atoms. The van der Waals surface area contributed by atoms with Crippen molar-refractivity contribution in [2.75, 3.05) is 32.9 Å². The largest absolute Gasteiger partial charge is 0.394 e. The van der Waals surface area contributed by atoms with E-state index in [0.29, 0.717) is 26.3 Å². The van der Waals surface area contributed by atoms with Crippen molar-refractivity contribution in [3.05, 3.63) is 35.9 Å². The van der Waals surface area contributed by atoms with E-state index in [9.17, 15) is 14.7 Å². The molecule has 1 aliphatic carbocycles. The molecule has 1 heterocycles. The lowest BCUT2D eigenvalue weighted by Gasteiger charge is -2.30. The molecule has 0 bridgehead atoms. The van der Waals surface area contributed by atoms with Crippen LogP contribution in [0.1, 0.15) is 18.4 Å². The fourth-order valence-electron chi connectivity index (χ4n) is 3.02. The standard InChI is InChI=1S/C17H22N2O4/c20-12-14(15(21)19-8-10-23-11-9-19)18-16(22)17(6-7-17)13-4-2-1-3-5-13/h1-5,14,20H,6-12H2,(H,18,22). The molecule has 0 radical (unpaired) electrons. The van der Waals surface area contributed by atoms with E-state index in [-0.39, 0.29) is 11.8 Å². The van der Waals surface area contributed by atoms with Gasteiger partial charge in [0.25, 0.3) is 0 Å². The van der Waals surface area contributed by atoms with Crippen molar-refractivity contribution < 1.29 is 19.4 Å². The molecule has 6 nitrogen and oxygen atoms in total. The summed E-state index contributed by atoms with van der Waals surface area (Å²) in [6.07, 6.45) is 1.54. The molecule has 2 aliphatic rings. The Morgan fingerprint density at radius 2 is 1.87 bits per heavy atom. The predicted octanol–water partition coefficient (Wildman–Crippen LogP) is 0.0541. The van der Waals surface area contributed by atoms with E-state index in [0.717, 1.165) is 18.4 Å². The summed E-state index contributed by atoms with van der Waals surface area (Å²) in [5, 5.41) is 12.3. The normalized spacial score (nSPS) is 20.7. The Kier molecular flexibility index (Phi) is 4.63. The molecule has 1 atom stereocenters. The lowest BCUT2D eigenvalue weighted by Crippen LogP contribution is -2.54. The minimum Gasteiger partial charge on any atom is -0.394 e. The van der Waals surface area contributed by atoms with E-state index < -0.39 is 18.1 Å². The summed E-state index contributed by atoms with van der Waals surface area (Å²) in [4.78, 5) is 26.7. The van der Waals surface area contributed by atoms with Crippen LogP contribution in [0.15, 0.2) is 30.3 Å². The fraction of sp³-hybridized carbons (Fsp3) is 0.529. The zero-order valence-electron chi connectivity index (χ0n) is 13.0. The molecule has 1 aliphatic heterocycles. The molecule has 1 aromatic rings. The third kappa shape index (κ3) is 3.23. The van der Waals surface area contributed by atoms with E-state index in [1.54, 1.807) is 4.90 Å². The predicted molar refractivity (Wildman–Crippen MR) is 83.8 cm³/mol. The average Bonchev–Trinajstić information content (AvgIpc) is 3.42. The second-order valence-corrected chi connectivity index (χ2v) is 6.09. The topological polar surface area (TPSA) is 78.9 Å². The van der Waals surface area contributed by atoms with Gasteiger partial charge in [-0.3, -0.25) is 9.59 Å². The van der Waals surface area contributed by atoms with Crippen LogP contribution in [0.4, 0.5) is 0 Å². The molecule has 3 rings (SSSR count). The average molecular weight is 318 g/mol. The molecule has 1 saturated heterocycles. The van der Waals surface area contributed by atoms with E-state index in [1.807, 2.05) is 30.3 Å². The van der Waals surface area contributed by atoms with Gasteiger partial charge >= 0.3 is 0 Å². The van der Waals surface area contributed by atoms with Crippen molar-refractivity contribution in [2.24, 2.45) is 0 Å². The number of hydrogen-bond acceptors (Lipinski definition) is 4. The van der Waals surface area contributed by atoms with Gasteiger partial charge in [-0.05, 0) is 18.4 Å². The van der Waals surface area contributed by atoms with Crippen molar-refractivity contribution in [2.45, 2.75) is 24.3 Å². The van der Waals surface area contributed by atoms with Gasteiger partial charge in [0.2, 0.25) is 11.8 Å². The summed E-state index contributed by atoms with van der Waals surface area (Å²) in [5.41, 5.74) is 0.424. The fourth-order valence-corrected chi connectivity index (χ4v) is 3.02. The lowest BCUT2D eigenvalue weighted by atomic mass is 9.94. The van der Waals surface area contributed by atoms with Crippen LogP contribution in [0.2, 0.25) is 0 Å². The Labute approximate surface area is 135 Å². The van der Waals surface area contributed by atoms with Gasteiger partial charge in [-0.15, -0.1) is 0 Å². The van der Waals surface area contributed by atoms with Gasteiger partial charge in [0, 0.05) is 13.1 Å². The Bertz CT molecular complexity index is 565. The van der Waals surface area contributed by atoms with Gasteiger partial charge in [-0.1, -0.05) is 30.3 Å². The highest BCUT2D eigenvalue weighted by atomic mass is 16.5. The molecule has 124 valence electrons. The monoisotopic (exact) mass is 318 g/mol. The zero-order valence-corrected chi connectivity index (χ0v) is 13.0. The Morgan fingerprint density at radius 1 is 1.22 bits per heavy atom. The van der Waals surface area contributed by atoms with Crippen molar-refractivity contribution >= 4 is 11.8 Å². The SMILES string of the molecule is O=C(C(CO)NC(=O)C1(c2ccccc2)CC1)N1CCOCC1. The minimum absolute atomic E-state index is 0.177. The molecule has 2 N–H and O–H groups in total. The molecule has 1 unspecified atom stereocenters. The first kappa shape index (κ1) is 16.0. The first-order chi connectivity index (χ1) is 11.2. The van der Waals surface area contributed by atoms with E-state index in [2.05, 4.69) is 5.32 Å². The number of nitrogens with zero attached hydrogens (tertiary/aromatic N) is 1. The quantitative estimate of drug-likeness (QED) is 0.804. The van der Waals surface area contributed by atoms with Crippen LogP contribution >= 0.6 is 0 Å². The molecule has 1 aromatic carbocycles. The Balaban J connectivity index is 1.67. The molecule has 6 heteroatoms. The van der Waals surface area contributed by atoms with Crippen LogP contribution in [0, 0.1) is 0 Å². The third-order valence-corrected chi connectivity index (χ3v) is 4.62. The molecule has 1 saturated carbocycles. The Hall–Kier alpha value is -1.92. The third-order valence-electron chi connectivity index (χ3n) is 4.62. The number of carbonyl (C=O) groups is 2. The van der Waals surface area contributed by atoms with Crippen molar-refractivity contribution in [3.8, 4) is 0 Å². The Morgan fingerprint density at radius 3 is 2.43 bits per heavy atom. The summed E-state index contributed by atoms with van der Waals surface area (Å²) in [7, 11) is 0. The summed E-state index contributed by atoms with van der Waals surface area (Å²) < 4.78 is 5.22. The maximum atomic E-state index is 12.7. The van der Waals surface area contributed by atoms with Crippen LogP contribution in [0.3, 0.4) is 0 Å². The molecule has 2 fully saturated rings. The van der Waals surface area contributed by atoms with Crippen molar-refractivity contribution in [1.82, 2.24) is 10.2 Å². The van der Waals surface area contributed by atoms with Crippen LogP contribution < -0.4 is 5.32 Å². The second-order valence-electron chi connectivity index (χ2n) is 6.09. The van der Waals surface area contributed by atoms with Crippen LogP contribution in [0.5, 0.6) is 0 Å². The number of morpholine rings is 1. The summed E-state index contributed by atoms with van der Waals surface area (Å²) >= 11 is 0. The number of rotatable bonds is 5. The second kappa shape index (κ2) is 6.68. The number of aliphatic hydroxyl groups is 1. The number of carbonyl (C=O) groups excluding carboxylic acids is 2. The molecular weight excluding hydrogens is 296 g/mol. The number of amides is 2. The van der Waals surface area contributed by atoms with Crippen LogP contribution in [-0.2, 0) is 19.7 Å². The van der Waals surface area contributed by atoms with Crippen molar-refractivity contribution in [3.63, 3.8) is 0 Å². The smallest absolute Gasteiger partial charge is 0.247 e. The van der Waals surface area contributed by atoms with Crippen molar-refractivity contribution in [1.29, 1.82) is 0 Å². The highest BCUT2D eigenvalue weighted by Gasteiger charge is 2.51. The number of hydrogen-bond donors (Lipinski definition) is 2. The number of nitrogens with one attached hydrogen (secondary N) is 1. The zero-order chi connectivity index (χ0) is 16.3. The number of aliphatic hydroxyl groups excluding tert-OH is 1. The summed E-state index contributed by atoms with van der Waals surface area (Å²) in [6, 6.07) is 8.71. The highest BCUT2D eigenvalue weighted by molar-refractivity contribution is 5.95. The lowest BCUT2D eigenvalue weighted by molar-refractivity contribution is -0.141. The van der Waals surface area contributed by atoms with Crippen LogP contribution in [0.25, 0.3) is 0 Å².